The predicted molar refractivity (Wildman–Crippen MR) is 91.4 cm³/mol. The number of nitrogens with one attached hydrogen (secondary N) is 3. The molecule has 1 aliphatic rings. The quantitative estimate of drug-likeness (QED) is 0.441. The van der Waals surface area contributed by atoms with Gasteiger partial charge in [-0.2, -0.15) is 5.10 Å². The van der Waals surface area contributed by atoms with Gasteiger partial charge in [-0.05, 0) is 63.7 Å². The van der Waals surface area contributed by atoms with Crippen molar-refractivity contribution in [2.75, 3.05) is 11.9 Å². The highest BCUT2D eigenvalue weighted by atomic mass is 32.1. The Hall–Kier alpha value is -2.15. The molecule has 2 rings (SSSR count). The van der Waals surface area contributed by atoms with Crippen molar-refractivity contribution >= 4 is 34.6 Å². The van der Waals surface area contributed by atoms with Gasteiger partial charge in [-0.25, -0.2) is 0 Å². The van der Waals surface area contributed by atoms with E-state index < -0.39 is 0 Å². The fourth-order valence-electron chi connectivity index (χ4n) is 1.88. The first-order valence-electron chi connectivity index (χ1n) is 6.94. The third kappa shape index (κ3) is 4.42. The van der Waals surface area contributed by atoms with Crippen LogP contribution in [-0.4, -0.2) is 28.9 Å². The maximum atomic E-state index is 11.4. The number of hydrogen-bond acceptors (Lipinski definition) is 4. The van der Waals surface area contributed by atoms with Gasteiger partial charge in [0.05, 0.1) is 11.4 Å². The average Bonchev–Trinajstić information content (AvgIpc) is 2.42. The largest absolute Gasteiger partial charge is 0.482 e. The summed E-state index contributed by atoms with van der Waals surface area (Å²) in [6.45, 7) is 7.96. The first kappa shape index (κ1) is 16.2. The summed E-state index contributed by atoms with van der Waals surface area (Å²) in [6, 6.07) is 5.53. The first-order chi connectivity index (χ1) is 10.2. The van der Waals surface area contributed by atoms with Gasteiger partial charge < -0.3 is 15.4 Å². The predicted octanol–water partition coefficient (Wildman–Crippen LogP) is 2.00. The molecule has 0 radical (unpaired) electrons. The van der Waals surface area contributed by atoms with E-state index in [2.05, 4.69) is 21.2 Å². The molecule has 22 heavy (non-hydrogen) atoms. The van der Waals surface area contributed by atoms with Gasteiger partial charge in [0.2, 0.25) is 0 Å². The van der Waals surface area contributed by atoms with E-state index in [1.54, 1.807) is 0 Å². The molecule has 0 bridgehead atoms. The number of carbonyl (C=O) groups is 1. The minimum Gasteiger partial charge on any atom is -0.482 e. The molecule has 1 aliphatic heterocycles. The highest BCUT2D eigenvalue weighted by Gasteiger charge is 2.16. The fourth-order valence-corrected chi connectivity index (χ4v) is 2.23. The van der Waals surface area contributed by atoms with Crippen molar-refractivity contribution in [3.05, 3.63) is 23.8 Å². The number of anilines is 1. The molecule has 1 aromatic rings. The van der Waals surface area contributed by atoms with Gasteiger partial charge in [0.25, 0.3) is 5.91 Å². The van der Waals surface area contributed by atoms with Crippen LogP contribution in [0.2, 0.25) is 0 Å². The summed E-state index contributed by atoms with van der Waals surface area (Å²) >= 11 is 5.18. The van der Waals surface area contributed by atoms with Crippen molar-refractivity contribution in [2.24, 2.45) is 5.10 Å². The van der Waals surface area contributed by atoms with Gasteiger partial charge >= 0.3 is 0 Å². The second-order valence-electron chi connectivity index (χ2n) is 6.06. The third-order valence-electron chi connectivity index (χ3n) is 2.84. The van der Waals surface area contributed by atoms with Crippen LogP contribution in [0.3, 0.4) is 0 Å². The minimum absolute atomic E-state index is 0.0493. The molecule has 0 aliphatic carbocycles. The van der Waals surface area contributed by atoms with E-state index >= 15 is 0 Å². The second kappa shape index (κ2) is 6.31. The number of nitrogens with zero attached hydrogens (tertiary/aromatic N) is 1. The number of carbonyl (C=O) groups excluding carboxylic acids is 1. The molecule has 7 heteroatoms. The lowest BCUT2D eigenvalue weighted by Crippen LogP contribution is -2.44. The normalized spacial score (nSPS) is 14.5. The summed E-state index contributed by atoms with van der Waals surface area (Å²) in [5.74, 6) is 0.502. The van der Waals surface area contributed by atoms with Crippen LogP contribution in [0.5, 0.6) is 5.75 Å². The second-order valence-corrected chi connectivity index (χ2v) is 6.47. The summed E-state index contributed by atoms with van der Waals surface area (Å²) in [6.07, 6.45) is 0. The van der Waals surface area contributed by atoms with E-state index in [-0.39, 0.29) is 18.1 Å². The molecule has 0 fully saturated rings. The Kier molecular flexibility index (Phi) is 4.65. The third-order valence-corrected chi connectivity index (χ3v) is 3.04. The van der Waals surface area contributed by atoms with E-state index in [1.807, 2.05) is 45.9 Å². The number of amides is 1. The van der Waals surface area contributed by atoms with Crippen LogP contribution < -0.4 is 20.8 Å². The van der Waals surface area contributed by atoms with E-state index in [1.165, 1.54) is 0 Å². The van der Waals surface area contributed by atoms with Gasteiger partial charge in [0, 0.05) is 5.54 Å². The standard InChI is InChI=1S/C15H20N4O2S/c1-9(18-19-14(22)17-15(2,3)4)10-5-6-12-11(7-10)16-13(20)8-21-12/h5-7H,8H2,1-4H3,(H,16,20)(H2,17,19,22)/b18-9-. The monoisotopic (exact) mass is 320 g/mol. The molecular formula is C15H20N4O2S. The molecule has 1 amide bonds. The van der Waals surface area contributed by atoms with Gasteiger partial charge in [-0.1, -0.05) is 0 Å². The Morgan fingerprint density at radius 3 is 2.82 bits per heavy atom. The number of hydrogen-bond donors (Lipinski definition) is 3. The molecule has 0 aromatic heterocycles. The van der Waals surface area contributed by atoms with Crippen LogP contribution in [0.25, 0.3) is 0 Å². The van der Waals surface area contributed by atoms with Crippen LogP contribution in [0.4, 0.5) is 5.69 Å². The zero-order valence-electron chi connectivity index (χ0n) is 13.1. The van der Waals surface area contributed by atoms with E-state index in [4.69, 9.17) is 17.0 Å². The number of ether oxygens (including phenoxy) is 1. The summed E-state index contributed by atoms with van der Waals surface area (Å²) < 4.78 is 5.33. The number of rotatable bonds is 2. The topological polar surface area (TPSA) is 74.8 Å². The molecule has 1 heterocycles. The molecule has 1 aromatic carbocycles. The van der Waals surface area contributed by atoms with Gasteiger partial charge in [0.15, 0.2) is 11.7 Å². The molecule has 0 saturated heterocycles. The number of hydrazone groups is 1. The minimum atomic E-state index is -0.159. The van der Waals surface area contributed by atoms with Gasteiger partial charge in [-0.3, -0.25) is 10.2 Å². The zero-order valence-corrected chi connectivity index (χ0v) is 13.9. The summed E-state index contributed by atoms with van der Waals surface area (Å²) in [7, 11) is 0. The van der Waals surface area contributed by atoms with Gasteiger partial charge in [0.1, 0.15) is 5.75 Å². The van der Waals surface area contributed by atoms with Crippen LogP contribution in [0.15, 0.2) is 23.3 Å². The summed E-state index contributed by atoms with van der Waals surface area (Å²) in [5.41, 5.74) is 4.97. The molecule has 3 N–H and O–H groups in total. The average molecular weight is 320 g/mol. The molecule has 6 nitrogen and oxygen atoms in total. The Morgan fingerprint density at radius 1 is 1.41 bits per heavy atom. The summed E-state index contributed by atoms with van der Waals surface area (Å²) in [5, 5.41) is 10.6. The van der Waals surface area contributed by atoms with Crippen molar-refractivity contribution in [2.45, 2.75) is 33.2 Å². The Morgan fingerprint density at radius 2 is 2.14 bits per heavy atom. The van der Waals surface area contributed by atoms with E-state index in [9.17, 15) is 4.79 Å². The lowest BCUT2D eigenvalue weighted by Gasteiger charge is -2.22. The molecule has 0 saturated carbocycles. The van der Waals surface area contributed by atoms with Crippen LogP contribution in [0.1, 0.15) is 33.3 Å². The fraction of sp³-hybridized carbons (Fsp3) is 0.400. The zero-order chi connectivity index (χ0) is 16.3. The van der Waals surface area contributed by atoms with Crippen molar-refractivity contribution < 1.29 is 9.53 Å². The lowest BCUT2D eigenvalue weighted by atomic mass is 10.1. The van der Waals surface area contributed by atoms with Gasteiger partial charge in [-0.15, -0.1) is 0 Å². The number of benzene rings is 1. The van der Waals surface area contributed by atoms with Crippen LogP contribution in [-0.2, 0) is 4.79 Å². The smallest absolute Gasteiger partial charge is 0.262 e. The molecule has 118 valence electrons. The Labute approximate surface area is 135 Å². The first-order valence-corrected chi connectivity index (χ1v) is 7.35. The van der Waals surface area contributed by atoms with E-state index in [0.29, 0.717) is 16.5 Å². The van der Waals surface area contributed by atoms with Crippen molar-refractivity contribution in [3.63, 3.8) is 0 Å². The number of fused-ring (bicyclic) bond motifs is 1. The van der Waals surface area contributed by atoms with E-state index in [0.717, 1.165) is 11.3 Å². The highest BCUT2D eigenvalue weighted by Crippen LogP contribution is 2.28. The Balaban J connectivity index is 2.08. The molecule has 0 unspecified atom stereocenters. The van der Waals surface area contributed by atoms with Crippen molar-refractivity contribution in [1.82, 2.24) is 10.7 Å². The number of thiocarbonyl (C=S) groups is 1. The SMILES string of the molecule is C/C(=N/NC(=S)NC(C)(C)C)c1ccc2c(c1)NC(=O)CO2. The van der Waals surface area contributed by atoms with Crippen molar-refractivity contribution in [3.8, 4) is 5.75 Å². The maximum absolute atomic E-state index is 11.4. The molecule has 0 atom stereocenters. The maximum Gasteiger partial charge on any atom is 0.262 e. The van der Waals surface area contributed by atoms with Crippen LogP contribution in [0, 0.1) is 0 Å². The van der Waals surface area contributed by atoms with Crippen LogP contribution >= 0.6 is 12.2 Å². The Bertz CT molecular complexity index is 635. The van der Waals surface area contributed by atoms with Crippen molar-refractivity contribution in [1.29, 1.82) is 0 Å². The molecule has 0 spiro atoms. The summed E-state index contributed by atoms with van der Waals surface area (Å²) in [4.78, 5) is 11.4. The molecular weight excluding hydrogens is 300 g/mol. The highest BCUT2D eigenvalue weighted by molar-refractivity contribution is 7.80. The lowest BCUT2D eigenvalue weighted by molar-refractivity contribution is -0.118.